The van der Waals surface area contributed by atoms with E-state index in [2.05, 4.69) is 5.43 Å². The number of fused-ring (bicyclic) bond motifs is 4. The fourth-order valence-corrected chi connectivity index (χ4v) is 9.65. The van der Waals surface area contributed by atoms with Crippen LogP contribution in [-0.2, 0) is 24.6 Å². The van der Waals surface area contributed by atoms with Gasteiger partial charge in [0.25, 0.3) is 11.8 Å². The summed E-state index contributed by atoms with van der Waals surface area (Å²) >= 11 is 12.7. The second kappa shape index (κ2) is 13.1. The second-order valence-electron chi connectivity index (χ2n) is 14.3. The van der Waals surface area contributed by atoms with Gasteiger partial charge in [-0.1, -0.05) is 65.2 Å². The smallest absolute Gasteiger partial charge is 0.260 e. The molecule has 2 saturated heterocycles. The van der Waals surface area contributed by atoms with Gasteiger partial charge in [0.2, 0.25) is 11.8 Å². The molecule has 2 aliphatic carbocycles. The number of allylic oxidation sites excluding steroid dienone is 2. The maximum absolute atomic E-state index is 15.4. The van der Waals surface area contributed by atoms with Crippen LogP contribution in [0.5, 0.6) is 11.5 Å². The monoisotopic (exact) mass is 763 g/mol. The number of phenols is 1. The number of aryl methyl sites for hydroxylation is 1. The third-order valence-electron chi connectivity index (χ3n) is 11.7. The Hall–Kier alpha value is -5.45. The Bertz CT molecular complexity index is 2310. The standard InChI is InChI=1S/C42H35Cl2N3O7/c1-21-5-4-6-30(37(21)49)36-28-16-17-29-35(40(52)46(38(29)50)26-12-7-23(8-13-26)22(2)48)31(28)20-32-39(51)47(45-34-18-11-25(43)19-33(34)44)41(53)42(32,36)24-9-14-27(54-3)15-10-24/h4-16,18-19,29,31-32,35-36,45,49H,17,20H2,1-3H3/t29-,31+,32-,35-,36+,42+/m0/s1. The molecule has 4 amide bonds. The Morgan fingerprint density at radius 3 is 2.30 bits per heavy atom. The number of carbonyl (C=O) groups excluding carboxylic acids is 5. The van der Waals surface area contributed by atoms with Crippen molar-refractivity contribution in [3.8, 4) is 11.5 Å². The van der Waals surface area contributed by atoms with Crippen LogP contribution in [0, 0.1) is 30.6 Å². The lowest BCUT2D eigenvalue weighted by atomic mass is 9.49. The van der Waals surface area contributed by atoms with Gasteiger partial charge < -0.3 is 9.84 Å². The van der Waals surface area contributed by atoms with Crippen molar-refractivity contribution < 1.29 is 33.8 Å². The van der Waals surface area contributed by atoms with Gasteiger partial charge in [-0.2, -0.15) is 5.01 Å². The van der Waals surface area contributed by atoms with E-state index in [1.54, 1.807) is 85.8 Å². The fourth-order valence-electron chi connectivity index (χ4n) is 9.20. The molecular formula is C42H35Cl2N3O7. The highest BCUT2D eigenvalue weighted by Gasteiger charge is 2.70. The number of halogens is 2. The molecule has 10 nitrogen and oxygen atoms in total. The van der Waals surface area contributed by atoms with Gasteiger partial charge in [-0.3, -0.25) is 34.3 Å². The van der Waals surface area contributed by atoms with Crippen molar-refractivity contribution in [2.24, 2.45) is 23.7 Å². The number of hydrogen-bond acceptors (Lipinski definition) is 8. The predicted octanol–water partition coefficient (Wildman–Crippen LogP) is 7.41. The van der Waals surface area contributed by atoms with E-state index in [9.17, 15) is 24.3 Å². The summed E-state index contributed by atoms with van der Waals surface area (Å²) in [5.74, 6) is -5.71. The number of ketones is 1. The zero-order valence-electron chi connectivity index (χ0n) is 29.5. The quantitative estimate of drug-likeness (QED) is 0.113. The highest BCUT2D eigenvalue weighted by atomic mass is 35.5. The molecule has 4 aliphatic rings. The number of nitrogens with one attached hydrogen (secondary N) is 1. The SMILES string of the molecule is COc1ccc([C@@]23C(=O)N(Nc4ccc(Cl)cc4Cl)C(=O)[C@@H]2C[C@@H]2C(=CC[C@@H]4C(=O)N(c5ccc(C(C)=O)cc5)C(=O)[C@@H]42)[C@@H]3c2cccc(C)c2O)cc1. The first-order valence-corrected chi connectivity index (χ1v) is 18.4. The third kappa shape index (κ3) is 5.18. The normalized spacial score (nSPS) is 25.9. The molecule has 0 unspecified atom stereocenters. The molecule has 274 valence electrons. The van der Waals surface area contributed by atoms with Crippen LogP contribution in [0.3, 0.4) is 0 Å². The lowest BCUT2D eigenvalue weighted by Crippen LogP contribution is -2.53. The number of ether oxygens (including phenoxy) is 1. The highest BCUT2D eigenvalue weighted by Crippen LogP contribution is 2.65. The maximum Gasteiger partial charge on any atom is 0.260 e. The van der Waals surface area contributed by atoms with Gasteiger partial charge in [0.15, 0.2) is 5.78 Å². The van der Waals surface area contributed by atoms with Crippen LogP contribution in [0.2, 0.25) is 10.0 Å². The lowest BCUT2D eigenvalue weighted by molar-refractivity contribution is -0.138. The number of rotatable bonds is 7. The van der Waals surface area contributed by atoms with Crippen molar-refractivity contribution in [2.45, 2.75) is 38.0 Å². The van der Waals surface area contributed by atoms with Crippen LogP contribution in [0.15, 0.2) is 96.6 Å². The summed E-state index contributed by atoms with van der Waals surface area (Å²) in [4.78, 5) is 72.1. The Kier molecular flexibility index (Phi) is 8.66. The number of benzene rings is 4. The van der Waals surface area contributed by atoms with Gasteiger partial charge in [-0.05, 0) is 98.3 Å². The van der Waals surface area contributed by atoms with Gasteiger partial charge in [-0.25, -0.2) is 0 Å². The molecule has 3 fully saturated rings. The molecule has 4 aromatic rings. The molecular weight excluding hydrogens is 729 g/mol. The van der Waals surface area contributed by atoms with E-state index in [0.29, 0.717) is 44.3 Å². The molecule has 2 aliphatic heterocycles. The molecule has 4 aromatic carbocycles. The van der Waals surface area contributed by atoms with Crippen LogP contribution in [0.1, 0.15) is 52.7 Å². The molecule has 0 spiro atoms. The fraction of sp³-hybridized carbons (Fsp3) is 0.262. The number of aromatic hydroxyl groups is 1. The van der Waals surface area contributed by atoms with Gasteiger partial charge in [0.05, 0.1) is 46.7 Å². The minimum Gasteiger partial charge on any atom is -0.507 e. The first kappa shape index (κ1) is 35.6. The number of nitrogens with zero attached hydrogens (tertiary/aromatic N) is 2. The largest absolute Gasteiger partial charge is 0.507 e. The molecule has 0 bridgehead atoms. The van der Waals surface area contributed by atoms with Gasteiger partial charge in [0.1, 0.15) is 11.5 Å². The predicted molar refractivity (Wildman–Crippen MR) is 202 cm³/mol. The number of amides is 4. The Morgan fingerprint density at radius 1 is 0.907 bits per heavy atom. The van der Waals surface area contributed by atoms with Crippen molar-refractivity contribution in [3.05, 3.63) is 129 Å². The molecule has 6 atom stereocenters. The van der Waals surface area contributed by atoms with E-state index in [-0.39, 0.29) is 41.0 Å². The second-order valence-corrected chi connectivity index (χ2v) is 15.2. The summed E-state index contributed by atoms with van der Waals surface area (Å²) < 4.78 is 5.46. The lowest BCUT2D eigenvalue weighted by Gasteiger charge is -2.50. The Labute approximate surface area is 321 Å². The first-order valence-electron chi connectivity index (χ1n) is 17.6. The van der Waals surface area contributed by atoms with Gasteiger partial charge in [0, 0.05) is 22.1 Å². The van der Waals surface area contributed by atoms with Crippen LogP contribution in [0.4, 0.5) is 11.4 Å². The number of imide groups is 2. The molecule has 0 aromatic heterocycles. The van der Waals surface area contributed by atoms with Crippen LogP contribution < -0.4 is 15.1 Å². The number of methoxy groups -OCH3 is 1. The summed E-state index contributed by atoms with van der Waals surface area (Å²) in [5, 5.41) is 13.3. The van der Waals surface area contributed by atoms with Crippen molar-refractivity contribution >= 4 is 64.0 Å². The molecule has 54 heavy (non-hydrogen) atoms. The van der Waals surface area contributed by atoms with E-state index in [0.717, 1.165) is 5.01 Å². The number of anilines is 2. The van der Waals surface area contributed by atoms with Crippen molar-refractivity contribution in [2.75, 3.05) is 17.4 Å². The zero-order valence-corrected chi connectivity index (χ0v) is 31.0. The van der Waals surface area contributed by atoms with Crippen molar-refractivity contribution in [1.29, 1.82) is 0 Å². The Morgan fingerprint density at radius 2 is 1.63 bits per heavy atom. The van der Waals surface area contributed by atoms with Crippen LogP contribution >= 0.6 is 23.2 Å². The molecule has 2 N–H and O–H groups in total. The minimum absolute atomic E-state index is 0.0359. The third-order valence-corrected chi connectivity index (χ3v) is 12.2. The number of hydrazine groups is 1. The van der Waals surface area contributed by atoms with Gasteiger partial charge in [-0.15, -0.1) is 0 Å². The average Bonchev–Trinajstić information content (AvgIpc) is 3.54. The zero-order chi connectivity index (χ0) is 38.2. The Balaban J connectivity index is 1.32. The van der Waals surface area contributed by atoms with E-state index < -0.39 is 52.7 Å². The summed E-state index contributed by atoms with van der Waals surface area (Å²) in [6.45, 7) is 3.20. The topological polar surface area (TPSA) is 133 Å². The number of Topliss-reactive ketones (excluding diaryl/α,β-unsaturated/α-hetero) is 1. The van der Waals surface area contributed by atoms with Crippen molar-refractivity contribution in [1.82, 2.24) is 5.01 Å². The van der Waals surface area contributed by atoms with Gasteiger partial charge >= 0.3 is 0 Å². The minimum atomic E-state index is -1.61. The summed E-state index contributed by atoms with van der Waals surface area (Å²) in [6, 6.07) is 23.3. The number of phenolic OH excluding ortho intramolecular Hbond substituents is 1. The van der Waals surface area contributed by atoms with E-state index in [1.807, 2.05) is 6.08 Å². The summed E-state index contributed by atoms with van der Waals surface area (Å²) in [5.41, 5.74) is 4.66. The first-order chi connectivity index (χ1) is 25.9. The number of carbonyl (C=O) groups is 5. The molecule has 0 radical (unpaired) electrons. The average molecular weight is 765 g/mol. The summed E-state index contributed by atoms with van der Waals surface area (Å²) in [6.07, 6.45) is 2.20. The van der Waals surface area contributed by atoms with Crippen LogP contribution in [-0.4, -0.2) is 46.6 Å². The van der Waals surface area contributed by atoms with E-state index in [1.165, 1.54) is 25.0 Å². The summed E-state index contributed by atoms with van der Waals surface area (Å²) in [7, 11) is 1.53. The maximum atomic E-state index is 15.4. The molecule has 12 heteroatoms. The molecule has 2 heterocycles. The number of hydrogen-bond donors (Lipinski definition) is 2. The highest BCUT2D eigenvalue weighted by molar-refractivity contribution is 6.36. The van der Waals surface area contributed by atoms with E-state index >= 15 is 4.79 Å². The molecule has 1 saturated carbocycles. The van der Waals surface area contributed by atoms with Crippen molar-refractivity contribution in [3.63, 3.8) is 0 Å². The van der Waals surface area contributed by atoms with Crippen LogP contribution in [0.25, 0.3) is 0 Å². The molecule has 8 rings (SSSR count). The van der Waals surface area contributed by atoms with E-state index in [4.69, 9.17) is 27.9 Å². The number of para-hydroxylation sites is 1.